The number of nitrogens with zero attached hydrogens (tertiary/aromatic N) is 1. The molecule has 3 aliphatic rings. The Morgan fingerprint density at radius 1 is 1.15 bits per heavy atom. The number of carbonyl (C=O) groups is 2. The van der Waals surface area contributed by atoms with Gasteiger partial charge in [0, 0.05) is 30.9 Å². The van der Waals surface area contributed by atoms with E-state index in [2.05, 4.69) is 10.6 Å². The molecule has 2 N–H and O–H groups in total. The quantitative estimate of drug-likeness (QED) is 0.851. The average molecular weight is 378 g/mol. The molecule has 0 spiro atoms. The summed E-state index contributed by atoms with van der Waals surface area (Å²) in [5.41, 5.74) is 1.13. The molecule has 2 aliphatic heterocycles. The molecule has 1 aromatic carbocycles. The Bertz CT molecular complexity index is 675. The summed E-state index contributed by atoms with van der Waals surface area (Å²) in [6, 6.07) is 7.42. The topological polar surface area (TPSA) is 61.4 Å². The van der Waals surface area contributed by atoms with Gasteiger partial charge in [-0.05, 0) is 56.3 Å². The highest BCUT2D eigenvalue weighted by Crippen LogP contribution is 2.44. The Hall–Kier alpha value is -1.59. The van der Waals surface area contributed by atoms with Crippen LogP contribution < -0.4 is 10.6 Å². The number of halogens is 1. The van der Waals surface area contributed by atoms with Crippen molar-refractivity contribution in [2.75, 3.05) is 31.5 Å². The monoisotopic (exact) mass is 377 g/mol. The minimum atomic E-state index is -0.271. The first kappa shape index (κ1) is 19.2. The third kappa shape index (κ3) is 3.47. The van der Waals surface area contributed by atoms with Crippen LogP contribution >= 0.6 is 12.4 Å². The minimum absolute atomic E-state index is 0. The van der Waals surface area contributed by atoms with E-state index in [4.69, 9.17) is 0 Å². The van der Waals surface area contributed by atoms with Crippen LogP contribution in [0.4, 0.5) is 5.69 Å². The van der Waals surface area contributed by atoms with Crippen molar-refractivity contribution in [2.45, 2.75) is 38.5 Å². The molecule has 1 aliphatic carbocycles. The maximum Gasteiger partial charge on any atom is 0.253 e. The number of likely N-dealkylation sites (tertiary alicyclic amines) is 1. The molecule has 2 saturated heterocycles. The third-order valence-electron chi connectivity index (χ3n) is 6.25. The van der Waals surface area contributed by atoms with Crippen LogP contribution in [0.15, 0.2) is 24.3 Å². The average Bonchev–Trinajstić information content (AvgIpc) is 3.31. The second-order valence-corrected chi connectivity index (χ2v) is 7.76. The summed E-state index contributed by atoms with van der Waals surface area (Å²) >= 11 is 0. The zero-order valence-corrected chi connectivity index (χ0v) is 15.9. The van der Waals surface area contributed by atoms with E-state index in [1.165, 1.54) is 6.42 Å². The standard InChI is InChI=1S/C20H27N3O2.ClH/c24-18(23-10-3-4-11-23)15-6-5-8-17(12-15)22-19(25)20-9-2-1-7-16(20)13-21-14-20;/h5-6,8,12,16,21H,1-4,7,9-11,13-14H2,(H,22,25);1H/t16-,20+;/m0./s1. The Morgan fingerprint density at radius 3 is 2.77 bits per heavy atom. The first-order valence-corrected chi connectivity index (χ1v) is 9.61. The SMILES string of the molecule is Cl.O=C(c1cccc(NC(=O)[C@@]23CCCC[C@H]2CNC3)c1)N1CCCC1. The van der Waals surface area contributed by atoms with Crippen LogP contribution in [0.1, 0.15) is 48.9 Å². The van der Waals surface area contributed by atoms with Crippen molar-refractivity contribution in [1.82, 2.24) is 10.2 Å². The van der Waals surface area contributed by atoms with Crippen LogP contribution in [0, 0.1) is 11.3 Å². The Balaban J connectivity index is 0.00000196. The number of amides is 2. The molecule has 2 heterocycles. The van der Waals surface area contributed by atoms with Crippen LogP contribution in [0.5, 0.6) is 0 Å². The molecule has 0 unspecified atom stereocenters. The van der Waals surface area contributed by atoms with Crippen molar-refractivity contribution in [3.63, 3.8) is 0 Å². The summed E-state index contributed by atoms with van der Waals surface area (Å²) in [6.07, 6.45) is 6.61. The van der Waals surface area contributed by atoms with Crippen molar-refractivity contribution >= 4 is 29.9 Å². The fourth-order valence-electron chi connectivity index (χ4n) is 4.78. The molecule has 5 nitrogen and oxygen atoms in total. The van der Waals surface area contributed by atoms with Crippen LogP contribution in [0.3, 0.4) is 0 Å². The second kappa shape index (κ2) is 7.97. The molecule has 26 heavy (non-hydrogen) atoms. The zero-order chi connectivity index (χ0) is 17.3. The summed E-state index contributed by atoms with van der Waals surface area (Å²) < 4.78 is 0. The number of rotatable bonds is 3. The van der Waals surface area contributed by atoms with Gasteiger partial charge in [-0.25, -0.2) is 0 Å². The van der Waals surface area contributed by atoms with Crippen molar-refractivity contribution < 1.29 is 9.59 Å². The van der Waals surface area contributed by atoms with E-state index >= 15 is 0 Å². The highest BCUT2D eigenvalue weighted by Gasteiger charge is 2.49. The molecule has 0 radical (unpaired) electrons. The van der Waals surface area contributed by atoms with Gasteiger partial charge in [0.05, 0.1) is 5.41 Å². The van der Waals surface area contributed by atoms with E-state index in [0.29, 0.717) is 11.5 Å². The van der Waals surface area contributed by atoms with Crippen molar-refractivity contribution in [3.05, 3.63) is 29.8 Å². The number of fused-ring (bicyclic) bond motifs is 1. The molecular weight excluding hydrogens is 350 g/mol. The fourth-order valence-corrected chi connectivity index (χ4v) is 4.78. The number of anilines is 1. The number of hydrogen-bond acceptors (Lipinski definition) is 3. The van der Waals surface area contributed by atoms with E-state index in [1.807, 2.05) is 29.2 Å². The van der Waals surface area contributed by atoms with Crippen LogP contribution in [0.25, 0.3) is 0 Å². The van der Waals surface area contributed by atoms with E-state index in [9.17, 15) is 9.59 Å². The molecule has 3 fully saturated rings. The van der Waals surface area contributed by atoms with E-state index in [-0.39, 0.29) is 29.6 Å². The normalized spacial score (nSPS) is 27.5. The zero-order valence-electron chi connectivity index (χ0n) is 15.1. The van der Waals surface area contributed by atoms with Gasteiger partial charge in [0.25, 0.3) is 5.91 Å². The van der Waals surface area contributed by atoms with E-state index in [0.717, 1.165) is 64.0 Å². The van der Waals surface area contributed by atoms with Crippen molar-refractivity contribution in [3.8, 4) is 0 Å². The second-order valence-electron chi connectivity index (χ2n) is 7.76. The highest BCUT2D eigenvalue weighted by atomic mass is 35.5. The predicted octanol–water partition coefficient (Wildman–Crippen LogP) is 3.06. The lowest BCUT2D eigenvalue weighted by Crippen LogP contribution is -2.44. The molecule has 142 valence electrons. The summed E-state index contributed by atoms with van der Waals surface area (Å²) in [5, 5.41) is 6.53. The number of benzene rings is 1. The van der Waals surface area contributed by atoms with Crippen molar-refractivity contribution in [1.29, 1.82) is 0 Å². The van der Waals surface area contributed by atoms with E-state index in [1.54, 1.807) is 0 Å². The molecule has 6 heteroatoms. The fraction of sp³-hybridized carbons (Fsp3) is 0.600. The van der Waals surface area contributed by atoms with Gasteiger partial charge < -0.3 is 15.5 Å². The van der Waals surface area contributed by atoms with Gasteiger partial charge in [-0.2, -0.15) is 0 Å². The van der Waals surface area contributed by atoms with Gasteiger partial charge in [-0.15, -0.1) is 12.4 Å². The number of nitrogens with one attached hydrogen (secondary N) is 2. The number of hydrogen-bond donors (Lipinski definition) is 2. The van der Waals surface area contributed by atoms with Gasteiger partial charge >= 0.3 is 0 Å². The molecule has 2 amide bonds. The van der Waals surface area contributed by atoms with Gasteiger partial charge in [0.15, 0.2) is 0 Å². The molecule has 1 saturated carbocycles. The molecule has 4 rings (SSSR count). The lowest BCUT2D eigenvalue weighted by Gasteiger charge is -2.37. The van der Waals surface area contributed by atoms with Gasteiger partial charge in [-0.3, -0.25) is 9.59 Å². The molecule has 1 aromatic rings. The summed E-state index contributed by atoms with van der Waals surface area (Å²) in [6.45, 7) is 3.40. The Morgan fingerprint density at radius 2 is 1.96 bits per heavy atom. The highest BCUT2D eigenvalue weighted by molar-refractivity contribution is 5.99. The predicted molar refractivity (Wildman–Crippen MR) is 105 cm³/mol. The summed E-state index contributed by atoms with van der Waals surface area (Å²) in [7, 11) is 0. The lowest BCUT2D eigenvalue weighted by molar-refractivity contribution is -0.128. The minimum Gasteiger partial charge on any atom is -0.339 e. The summed E-state index contributed by atoms with van der Waals surface area (Å²) in [5.74, 6) is 0.633. The Labute approximate surface area is 161 Å². The Kier molecular flexibility index (Phi) is 5.88. The number of carbonyl (C=O) groups excluding carboxylic acids is 2. The first-order chi connectivity index (χ1) is 12.2. The van der Waals surface area contributed by atoms with Gasteiger partial charge in [-0.1, -0.05) is 18.9 Å². The van der Waals surface area contributed by atoms with E-state index < -0.39 is 0 Å². The molecule has 0 bridgehead atoms. The lowest BCUT2D eigenvalue weighted by atomic mass is 9.67. The third-order valence-corrected chi connectivity index (χ3v) is 6.25. The van der Waals surface area contributed by atoms with Gasteiger partial charge in [0.2, 0.25) is 5.91 Å². The van der Waals surface area contributed by atoms with Crippen LogP contribution in [-0.4, -0.2) is 42.9 Å². The molecular formula is C20H28ClN3O2. The van der Waals surface area contributed by atoms with Crippen LogP contribution in [0.2, 0.25) is 0 Å². The molecule has 0 aromatic heterocycles. The molecule has 2 atom stereocenters. The van der Waals surface area contributed by atoms with Crippen LogP contribution in [-0.2, 0) is 4.79 Å². The maximum absolute atomic E-state index is 13.1. The largest absolute Gasteiger partial charge is 0.339 e. The summed E-state index contributed by atoms with van der Waals surface area (Å²) in [4.78, 5) is 27.5. The van der Waals surface area contributed by atoms with Gasteiger partial charge in [0.1, 0.15) is 0 Å². The maximum atomic E-state index is 13.1. The van der Waals surface area contributed by atoms with Crippen molar-refractivity contribution in [2.24, 2.45) is 11.3 Å². The first-order valence-electron chi connectivity index (χ1n) is 9.61. The smallest absolute Gasteiger partial charge is 0.253 e.